The zero-order valence-electron chi connectivity index (χ0n) is 8.30. The summed E-state index contributed by atoms with van der Waals surface area (Å²) in [5, 5.41) is 0.998. The van der Waals surface area contributed by atoms with Crippen LogP contribution in [0.5, 0.6) is 0 Å². The minimum absolute atomic E-state index is 0.222. The van der Waals surface area contributed by atoms with E-state index < -0.39 is 0 Å². The van der Waals surface area contributed by atoms with Gasteiger partial charge in [0.2, 0.25) is 0 Å². The van der Waals surface area contributed by atoms with Crippen LogP contribution in [0.2, 0.25) is 0 Å². The van der Waals surface area contributed by atoms with Gasteiger partial charge in [-0.25, -0.2) is 0 Å². The summed E-state index contributed by atoms with van der Waals surface area (Å²) in [5.41, 5.74) is 1.65. The quantitative estimate of drug-likeness (QED) is 0.582. The molecule has 0 heterocycles. The smallest absolute Gasteiger partial charge is 0.0124 e. The highest BCUT2D eigenvalue weighted by atomic mass is 79.9. The van der Waals surface area contributed by atoms with Gasteiger partial charge in [-0.1, -0.05) is 48.0 Å². The van der Waals surface area contributed by atoms with E-state index in [9.17, 15) is 0 Å². The first-order valence-electron chi connectivity index (χ1n) is 4.31. The van der Waals surface area contributed by atoms with E-state index in [2.05, 4.69) is 60.3 Å². The van der Waals surface area contributed by atoms with Crippen molar-refractivity contribution in [2.24, 2.45) is 0 Å². The van der Waals surface area contributed by atoms with E-state index >= 15 is 0 Å². The largest absolute Gasteiger partial charge is 0.129 e. The van der Waals surface area contributed by atoms with Crippen LogP contribution in [0.1, 0.15) is 19.4 Å². The predicted octanol–water partition coefficient (Wildman–Crippen LogP) is 4.08. The molecule has 0 N–H and O–H groups in total. The molecule has 0 amide bonds. The first-order valence-corrected chi connectivity index (χ1v) is 6.66. The van der Waals surface area contributed by atoms with Gasteiger partial charge >= 0.3 is 0 Å². The zero-order chi connectivity index (χ0) is 9.90. The van der Waals surface area contributed by atoms with Crippen LogP contribution in [0.4, 0.5) is 0 Å². The third-order valence-electron chi connectivity index (χ3n) is 2.17. The van der Waals surface area contributed by atoms with E-state index in [1.807, 2.05) is 11.8 Å². The van der Waals surface area contributed by atoms with Gasteiger partial charge in [-0.15, -0.1) is 11.8 Å². The lowest BCUT2D eigenvalue weighted by atomic mass is 9.87. The minimum Gasteiger partial charge on any atom is -0.129 e. The summed E-state index contributed by atoms with van der Waals surface area (Å²) in [6.07, 6.45) is 2.13. The highest BCUT2D eigenvalue weighted by molar-refractivity contribution is 9.09. The van der Waals surface area contributed by atoms with Crippen LogP contribution in [-0.4, -0.2) is 11.6 Å². The number of hydrogen-bond acceptors (Lipinski definition) is 1. The van der Waals surface area contributed by atoms with Crippen LogP contribution >= 0.6 is 27.7 Å². The van der Waals surface area contributed by atoms with Crippen molar-refractivity contribution in [1.29, 1.82) is 0 Å². The second-order valence-corrected chi connectivity index (χ2v) is 5.13. The van der Waals surface area contributed by atoms with Crippen LogP contribution < -0.4 is 0 Å². The Morgan fingerprint density at radius 2 is 1.92 bits per heavy atom. The number of benzene rings is 1. The van der Waals surface area contributed by atoms with E-state index in [0.29, 0.717) is 0 Å². The van der Waals surface area contributed by atoms with Crippen molar-refractivity contribution in [3.63, 3.8) is 0 Å². The normalized spacial score (nSPS) is 11.7. The first kappa shape index (κ1) is 11.1. The molecule has 0 nitrogen and oxygen atoms in total. The van der Waals surface area contributed by atoms with E-state index in [-0.39, 0.29) is 5.41 Å². The second-order valence-electron chi connectivity index (χ2n) is 3.72. The van der Waals surface area contributed by atoms with Crippen LogP contribution in [0.3, 0.4) is 0 Å². The molecular weight excluding hydrogens is 244 g/mol. The van der Waals surface area contributed by atoms with Crippen molar-refractivity contribution in [3.8, 4) is 0 Å². The van der Waals surface area contributed by atoms with Crippen LogP contribution in [0, 0.1) is 0 Å². The Morgan fingerprint density at radius 1 is 1.31 bits per heavy atom. The fourth-order valence-corrected chi connectivity index (χ4v) is 2.36. The Kier molecular flexibility index (Phi) is 3.87. The van der Waals surface area contributed by atoms with Crippen molar-refractivity contribution in [2.45, 2.75) is 24.2 Å². The molecular formula is C11H15BrS. The van der Waals surface area contributed by atoms with E-state index in [1.54, 1.807) is 0 Å². The van der Waals surface area contributed by atoms with Gasteiger partial charge in [0.1, 0.15) is 0 Å². The Bertz CT molecular complexity index is 281. The molecule has 0 saturated heterocycles. The van der Waals surface area contributed by atoms with E-state index in [1.165, 1.54) is 10.5 Å². The summed E-state index contributed by atoms with van der Waals surface area (Å²) in [6, 6.07) is 8.61. The molecule has 0 aliphatic carbocycles. The molecule has 0 radical (unpaired) electrons. The van der Waals surface area contributed by atoms with Crippen LogP contribution in [0.15, 0.2) is 29.2 Å². The SMILES string of the molecule is CSc1ccccc1C(C)(C)CBr. The zero-order valence-corrected chi connectivity index (χ0v) is 10.7. The van der Waals surface area contributed by atoms with Gasteiger partial charge in [0.25, 0.3) is 0 Å². The topological polar surface area (TPSA) is 0 Å². The van der Waals surface area contributed by atoms with Crippen LogP contribution in [0.25, 0.3) is 0 Å². The maximum atomic E-state index is 3.56. The van der Waals surface area contributed by atoms with Crippen molar-refractivity contribution in [2.75, 3.05) is 11.6 Å². The van der Waals surface area contributed by atoms with Gasteiger partial charge in [-0.2, -0.15) is 0 Å². The summed E-state index contributed by atoms with van der Waals surface area (Å²) in [5.74, 6) is 0. The first-order chi connectivity index (χ1) is 6.11. The number of thioether (sulfide) groups is 1. The highest BCUT2D eigenvalue weighted by Crippen LogP contribution is 2.32. The molecule has 2 heteroatoms. The van der Waals surface area contributed by atoms with Crippen molar-refractivity contribution < 1.29 is 0 Å². The van der Waals surface area contributed by atoms with Crippen molar-refractivity contribution >= 4 is 27.7 Å². The van der Waals surface area contributed by atoms with Gasteiger partial charge in [0, 0.05) is 15.6 Å². The molecule has 1 aromatic rings. The molecule has 0 fully saturated rings. The van der Waals surface area contributed by atoms with Crippen molar-refractivity contribution in [1.82, 2.24) is 0 Å². The average molecular weight is 259 g/mol. The number of alkyl halides is 1. The van der Waals surface area contributed by atoms with E-state index in [0.717, 1.165) is 5.33 Å². The van der Waals surface area contributed by atoms with Gasteiger partial charge in [-0.3, -0.25) is 0 Å². The summed E-state index contributed by atoms with van der Waals surface area (Å²) in [6.45, 7) is 4.52. The second kappa shape index (κ2) is 4.52. The molecule has 1 rings (SSSR count). The molecule has 0 bridgehead atoms. The number of halogens is 1. The lowest BCUT2D eigenvalue weighted by Crippen LogP contribution is -2.19. The van der Waals surface area contributed by atoms with E-state index in [4.69, 9.17) is 0 Å². The summed E-state index contributed by atoms with van der Waals surface area (Å²) in [4.78, 5) is 1.38. The molecule has 0 aliphatic rings. The molecule has 0 unspecified atom stereocenters. The predicted molar refractivity (Wildman–Crippen MR) is 65.0 cm³/mol. The summed E-state index contributed by atoms with van der Waals surface area (Å²) < 4.78 is 0. The standard InChI is InChI=1S/C11H15BrS/c1-11(2,8-12)9-6-4-5-7-10(9)13-3/h4-7H,8H2,1-3H3. The third-order valence-corrected chi connectivity index (χ3v) is 4.37. The number of hydrogen-bond donors (Lipinski definition) is 0. The maximum Gasteiger partial charge on any atom is 0.0124 e. The average Bonchev–Trinajstić information content (AvgIpc) is 2.18. The minimum atomic E-state index is 0.222. The van der Waals surface area contributed by atoms with Gasteiger partial charge in [-0.05, 0) is 17.9 Å². The van der Waals surface area contributed by atoms with Gasteiger partial charge in [0.15, 0.2) is 0 Å². The number of rotatable bonds is 3. The lowest BCUT2D eigenvalue weighted by Gasteiger charge is -2.24. The fraction of sp³-hybridized carbons (Fsp3) is 0.455. The lowest BCUT2D eigenvalue weighted by molar-refractivity contribution is 0.594. The summed E-state index contributed by atoms with van der Waals surface area (Å²) in [7, 11) is 0. The Hall–Kier alpha value is 0.0500. The Balaban J connectivity index is 3.12. The Labute approximate surface area is 93.2 Å². The molecule has 0 aliphatic heterocycles. The summed E-state index contributed by atoms with van der Waals surface area (Å²) >= 11 is 5.38. The monoisotopic (exact) mass is 258 g/mol. The molecule has 0 saturated carbocycles. The maximum absolute atomic E-state index is 3.56. The van der Waals surface area contributed by atoms with Crippen LogP contribution in [-0.2, 0) is 5.41 Å². The fourth-order valence-electron chi connectivity index (χ4n) is 1.28. The Morgan fingerprint density at radius 3 is 2.46 bits per heavy atom. The molecule has 0 atom stereocenters. The molecule has 0 aromatic heterocycles. The van der Waals surface area contributed by atoms with Gasteiger partial charge in [0.05, 0.1) is 0 Å². The third kappa shape index (κ3) is 2.50. The molecule has 72 valence electrons. The molecule has 0 spiro atoms. The molecule has 13 heavy (non-hydrogen) atoms. The highest BCUT2D eigenvalue weighted by Gasteiger charge is 2.21. The van der Waals surface area contributed by atoms with Crippen molar-refractivity contribution in [3.05, 3.63) is 29.8 Å². The van der Waals surface area contributed by atoms with Gasteiger partial charge < -0.3 is 0 Å². The molecule has 1 aromatic carbocycles.